The van der Waals surface area contributed by atoms with E-state index < -0.39 is 5.41 Å². The zero-order valence-electron chi connectivity index (χ0n) is 17.3. The first-order valence-corrected chi connectivity index (χ1v) is 10.2. The molecule has 2 aliphatic rings. The smallest absolute Gasteiger partial charge is 0.240 e. The van der Waals surface area contributed by atoms with Crippen LogP contribution < -0.4 is 10.2 Å². The SMILES string of the molecule is C=C/C(=C\C)c1c(CN2C(=O)C3(CNC3)c3ccncc32)ncc2cc(C)ccc12. The van der Waals surface area contributed by atoms with Gasteiger partial charge < -0.3 is 10.2 Å². The Morgan fingerprint density at radius 1 is 1.30 bits per heavy atom. The number of aryl methyl sites for hydroxylation is 1. The van der Waals surface area contributed by atoms with Crippen molar-refractivity contribution in [2.75, 3.05) is 18.0 Å². The molecule has 0 radical (unpaired) electrons. The Hall–Kier alpha value is -3.31. The number of carbonyl (C=O) groups excluding carboxylic acids is 1. The largest absolute Gasteiger partial charge is 0.314 e. The molecule has 0 aliphatic carbocycles. The molecule has 3 aromatic rings. The molecule has 1 N–H and O–H groups in total. The molecule has 5 nitrogen and oxygen atoms in total. The first-order chi connectivity index (χ1) is 14.6. The van der Waals surface area contributed by atoms with Gasteiger partial charge in [0.05, 0.1) is 24.1 Å². The summed E-state index contributed by atoms with van der Waals surface area (Å²) < 4.78 is 0. The van der Waals surface area contributed by atoms with E-state index in [4.69, 9.17) is 4.98 Å². The predicted octanol–water partition coefficient (Wildman–Crippen LogP) is 3.92. The van der Waals surface area contributed by atoms with Crippen molar-refractivity contribution >= 4 is 27.9 Å². The summed E-state index contributed by atoms with van der Waals surface area (Å²) in [5.74, 6) is 0.127. The number of nitrogens with zero attached hydrogens (tertiary/aromatic N) is 3. The van der Waals surface area contributed by atoms with E-state index in [0.717, 1.165) is 38.9 Å². The lowest BCUT2D eigenvalue weighted by atomic mass is 9.77. The Balaban J connectivity index is 1.66. The molecule has 5 rings (SSSR count). The van der Waals surface area contributed by atoms with Gasteiger partial charge in [-0.25, -0.2) is 0 Å². The van der Waals surface area contributed by atoms with Crippen LogP contribution in [0.15, 0.2) is 61.6 Å². The molecule has 4 heterocycles. The highest BCUT2D eigenvalue weighted by molar-refractivity contribution is 6.09. The Morgan fingerprint density at radius 2 is 2.13 bits per heavy atom. The van der Waals surface area contributed by atoms with Crippen LogP contribution in [0.4, 0.5) is 5.69 Å². The highest BCUT2D eigenvalue weighted by Crippen LogP contribution is 2.44. The van der Waals surface area contributed by atoms with Gasteiger partial charge in [-0.05, 0) is 42.5 Å². The average Bonchev–Trinajstić information content (AvgIpc) is 2.98. The minimum Gasteiger partial charge on any atom is -0.314 e. The maximum Gasteiger partial charge on any atom is 0.240 e. The van der Waals surface area contributed by atoms with Gasteiger partial charge in [-0.2, -0.15) is 0 Å². The fourth-order valence-corrected chi connectivity index (χ4v) is 4.70. The standard InChI is InChI=1S/C25H24N4O/c1-4-17(5-2)23-19-7-6-16(3)10-18(19)11-28-21(23)13-29-22-12-26-9-8-20(22)25(24(29)30)14-27-15-25/h4-12,27H,1,13-15H2,2-3H3/b17-5+. The number of nitrogens with one attached hydrogen (secondary N) is 1. The van der Waals surface area contributed by atoms with Gasteiger partial charge in [0.25, 0.3) is 0 Å². The van der Waals surface area contributed by atoms with Gasteiger partial charge in [0.15, 0.2) is 0 Å². The van der Waals surface area contributed by atoms with Gasteiger partial charge in [-0.15, -0.1) is 0 Å². The van der Waals surface area contributed by atoms with Gasteiger partial charge in [-0.3, -0.25) is 14.8 Å². The molecule has 2 aromatic heterocycles. The number of pyridine rings is 2. The quantitative estimate of drug-likeness (QED) is 0.679. The number of hydrogen-bond donors (Lipinski definition) is 1. The number of carbonyl (C=O) groups is 1. The van der Waals surface area contributed by atoms with E-state index in [1.165, 1.54) is 5.56 Å². The van der Waals surface area contributed by atoms with Crippen molar-refractivity contribution in [3.8, 4) is 0 Å². The number of anilines is 1. The molecule has 0 unspecified atom stereocenters. The number of fused-ring (bicyclic) bond motifs is 3. The van der Waals surface area contributed by atoms with E-state index in [9.17, 15) is 4.79 Å². The molecule has 1 fully saturated rings. The maximum atomic E-state index is 13.5. The van der Waals surface area contributed by atoms with Crippen LogP contribution in [0, 0.1) is 6.92 Å². The molecular weight excluding hydrogens is 372 g/mol. The van der Waals surface area contributed by atoms with Crippen molar-refractivity contribution in [2.45, 2.75) is 25.8 Å². The molecule has 1 amide bonds. The third-order valence-corrected chi connectivity index (χ3v) is 6.37. The second kappa shape index (κ2) is 6.89. The van der Waals surface area contributed by atoms with Gasteiger partial charge >= 0.3 is 0 Å². The monoisotopic (exact) mass is 396 g/mol. The first kappa shape index (κ1) is 18.7. The van der Waals surface area contributed by atoms with Crippen molar-refractivity contribution in [3.63, 3.8) is 0 Å². The van der Waals surface area contributed by atoms with Crippen molar-refractivity contribution in [1.82, 2.24) is 15.3 Å². The second-order valence-electron chi connectivity index (χ2n) is 8.09. The average molecular weight is 396 g/mol. The van der Waals surface area contributed by atoms with E-state index >= 15 is 0 Å². The normalized spacial score (nSPS) is 17.3. The van der Waals surface area contributed by atoms with E-state index in [2.05, 4.69) is 42.0 Å². The number of hydrogen-bond acceptors (Lipinski definition) is 4. The summed E-state index contributed by atoms with van der Waals surface area (Å²) in [5.41, 5.74) is 5.61. The van der Waals surface area contributed by atoms with Gasteiger partial charge in [0.2, 0.25) is 5.91 Å². The van der Waals surface area contributed by atoms with Gasteiger partial charge in [-0.1, -0.05) is 36.4 Å². The zero-order valence-corrected chi connectivity index (χ0v) is 17.3. The summed E-state index contributed by atoms with van der Waals surface area (Å²) in [4.78, 5) is 24.5. The van der Waals surface area contributed by atoms with Crippen LogP contribution in [0.2, 0.25) is 0 Å². The van der Waals surface area contributed by atoms with E-state index in [1.54, 1.807) is 12.4 Å². The minimum atomic E-state index is -0.464. The molecular formula is C25H24N4O. The molecule has 5 heteroatoms. The van der Waals surface area contributed by atoms with Crippen LogP contribution in [0.3, 0.4) is 0 Å². The summed E-state index contributed by atoms with van der Waals surface area (Å²) in [7, 11) is 0. The highest BCUT2D eigenvalue weighted by Gasteiger charge is 2.54. The summed E-state index contributed by atoms with van der Waals surface area (Å²) in [6, 6.07) is 8.37. The fraction of sp³-hybridized carbons (Fsp3) is 0.240. The summed E-state index contributed by atoms with van der Waals surface area (Å²) in [6.45, 7) is 9.84. The number of benzene rings is 1. The van der Waals surface area contributed by atoms with Crippen molar-refractivity contribution in [2.24, 2.45) is 0 Å². The van der Waals surface area contributed by atoms with Gasteiger partial charge in [0, 0.05) is 36.4 Å². The minimum absolute atomic E-state index is 0.127. The van der Waals surface area contributed by atoms with E-state index in [1.807, 2.05) is 36.2 Å². The molecule has 1 saturated heterocycles. The van der Waals surface area contributed by atoms with Gasteiger partial charge in [0.1, 0.15) is 5.41 Å². The molecule has 1 aromatic carbocycles. The Morgan fingerprint density at radius 3 is 2.83 bits per heavy atom. The number of amides is 1. The van der Waals surface area contributed by atoms with Crippen LogP contribution in [0.25, 0.3) is 16.3 Å². The van der Waals surface area contributed by atoms with Crippen molar-refractivity contribution < 1.29 is 4.79 Å². The van der Waals surface area contributed by atoms with Crippen LogP contribution in [0.5, 0.6) is 0 Å². The van der Waals surface area contributed by atoms with Crippen LogP contribution in [0.1, 0.15) is 29.3 Å². The fourth-order valence-electron chi connectivity index (χ4n) is 4.70. The molecule has 0 saturated carbocycles. The lowest BCUT2D eigenvalue weighted by Crippen LogP contribution is -2.61. The zero-order chi connectivity index (χ0) is 20.9. The topological polar surface area (TPSA) is 58.1 Å². The Labute approximate surface area is 176 Å². The first-order valence-electron chi connectivity index (χ1n) is 10.2. The summed E-state index contributed by atoms with van der Waals surface area (Å²) in [6.07, 6.45) is 9.38. The van der Waals surface area contributed by atoms with Crippen LogP contribution >= 0.6 is 0 Å². The molecule has 0 bridgehead atoms. The molecule has 1 spiro atoms. The Bertz CT molecular complexity index is 1220. The number of rotatable bonds is 4. The number of allylic oxidation sites excluding steroid dienone is 3. The lowest BCUT2D eigenvalue weighted by Gasteiger charge is -2.38. The highest BCUT2D eigenvalue weighted by atomic mass is 16.2. The van der Waals surface area contributed by atoms with Crippen LogP contribution in [-0.4, -0.2) is 29.0 Å². The molecule has 150 valence electrons. The number of aromatic nitrogens is 2. The summed E-state index contributed by atoms with van der Waals surface area (Å²) in [5, 5.41) is 5.48. The summed E-state index contributed by atoms with van der Waals surface area (Å²) >= 11 is 0. The molecule has 2 aliphatic heterocycles. The predicted molar refractivity (Wildman–Crippen MR) is 120 cm³/mol. The third-order valence-electron chi connectivity index (χ3n) is 6.37. The molecule has 30 heavy (non-hydrogen) atoms. The van der Waals surface area contributed by atoms with E-state index in [0.29, 0.717) is 19.6 Å². The van der Waals surface area contributed by atoms with Crippen LogP contribution in [-0.2, 0) is 16.8 Å². The molecule has 0 atom stereocenters. The Kier molecular flexibility index (Phi) is 4.29. The maximum absolute atomic E-state index is 13.5. The van der Waals surface area contributed by atoms with Crippen molar-refractivity contribution in [3.05, 3.63) is 84.0 Å². The van der Waals surface area contributed by atoms with E-state index in [-0.39, 0.29) is 5.91 Å². The van der Waals surface area contributed by atoms with Crippen molar-refractivity contribution in [1.29, 1.82) is 0 Å². The third kappa shape index (κ3) is 2.55. The lowest BCUT2D eigenvalue weighted by molar-refractivity contribution is -0.125. The second-order valence-corrected chi connectivity index (χ2v) is 8.09.